The third-order valence-electron chi connectivity index (χ3n) is 4.87. The molecule has 1 N–H and O–H groups in total. The van der Waals surface area contributed by atoms with Gasteiger partial charge in [-0.1, -0.05) is 6.07 Å². The van der Waals surface area contributed by atoms with E-state index in [1.54, 1.807) is 6.92 Å². The molecule has 0 saturated carbocycles. The minimum atomic E-state index is 0.134. The van der Waals surface area contributed by atoms with Gasteiger partial charge in [-0.2, -0.15) is 0 Å². The summed E-state index contributed by atoms with van der Waals surface area (Å²) in [5.41, 5.74) is 3.33. The summed E-state index contributed by atoms with van der Waals surface area (Å²) in [7, 11) is 0. The highest BCUT2D eigenvalue weighted by Gasteiger charge is 2.27. The van der Waals surface area contributed by atoms with E-state index in [0.29, 0.717) is 6.04 Å². The first-order chi connectivity index (χ1) is 12.5. The van der Waals surface area contributed by atoms with E-state index in [9.17, 15) is 9.90 Å². The van der Waals surface area contributed by atoms with E-state index in [2.05, 4.69) is 32.3 Å². The Hall–Kier alpha value is -1.60. The molecule has 1 fully saturated rings. The number of ketones is 1. The monoisotopic (exact) mass is 373 g/mol. The highest BCUT2D eigenvalue weighted by Crippen LogP contribution is 2.21. The lowest BCUT2D eigenvalue weighted by Crippen LogP contribution is -2.52. The van der Waals surface area contributed by atoms with E-state index in [1.807, 2.05) is 19.1 Å². The molecule has 0 aliphatic carbocycles. The van der Waals surface area contributed by atoms with Crippen LogP contribution in [-0.2, 0) is 13.1 Å². The van der Waals surface area contributed by atoms with Gasteiger partial charge in [-0.3, -0.25) is 19.6 Å². The molecule has 26 heavy (non-hydrogen) atoms. The number of Topliss-reactive ketones (excluding diaryl/α,β-unsaturated/α-hetero) is 1. The predicted octanol–water partition coefficient (Wildman–Crippen LogP) is 2.72. The topological polar surface area (TPSA) is 56.7 Å². The smallest absolute Gasteiger partial charge is 0.169 e. The van der Waals surface area contributed by atoms with Crippen LogP contribution in [0.4, 0.5) is 0 Å². The summed E-state index contributed by atoms with van der Waals surface area (Å²) < 4.78 is 0. The molecule has 3 heterocycles. The molecule has 0 bridgehead atoms. The molecule has 140 valence electrons. The Morgan fingerprint density at radius 3 is 2.88 bits per heavy atom. The van der Waals surface area contributed by atoms with Crippen LogP contribution < -0.4 is 0 Å². The van der Waals surface area contributed by atoms with Gasteiger partial charge in [-0.25, -0.2) is 0 Å². The Kier molecular flexibility index (Phi) is 6.53. The number of thiophene rings is 1. The van der Waals surface area contributed by atoms with Crippen LogP contribution in [-0.4, -0.2) is 58.0 Å². The molecule has 6 heteroatoms. The van der Waals surface area contributed by atoms with Crippen molar-refractivity contribution in [3.05, 3.63) is 51.5 Å². The molecule has 2 aromatic rings. The first kappa shape index (κ1) is 19.2. The Bertz CT molecular complexity index is 746. The number of rotatable bonds is 7. The van der Waals surface area contributed by atoms with Gasteiger partial charge in [0.05, 0.1) is 10.6 Å². The number of nitrogens with zero attached hydrogens (tertiary/aromatic N) is 3. The van der Waals surface area contributed by atoms with Crippen molar-refractivity contribution in [1.29, 1.82) is 0 Å². The number of pyridine rings is 1. The molecule has 0 spiro atoms. The zero-order valence-corrected chi connectivity index (χ0v) is 16.3. The van der Waals surface area contributed by atoms with Crippen LogP contribution in [0.25, 0.3) is 0 Å². The number of carbonyl (C=O) groups is 1. The summed E-state index contributed by atoms with van der Waals surface area (Å²) in [6.07, 6.45) is 0.769. The van der Waals surface area contributed by atoms with Crippen LogP contribution in [0.15, 0.2) is 29.6 Å². The average Bonchev–Trinajstić information content (AvgIpc) is 3.06. The summed E-state index contributed by atoms with van der Waals surface area (Å²) >= 11 is 1.53. The zero-order chi connectivity index (χ0) is 18.5. The van der Waals surface area contributed by atoms with Gasteiger partial charge in [0.1, 0.15) is 0 Å². The summed E-state index contributed by atoms with van der Waals surface area (Å²) in [4.78, 5) is 21.8. The first-order valence-corrected chi connectivity index (χ1v) is 10.0. The fraction of sp³-hybridized carbons (Fsp3) is 0.500. The number of piperazine rings is 1. The maximum absolute atomic E-state index is 11.5. The molecule has 1 aliphatic rings. The molecule has 0 unspecified atom stereocenters. The van der Waals surface area contributed by atoms with Crippen LogP contribution in [0.3, 0.4) is 0 Å². The number of aliphatic hydroxyl groups excluding tert-OH is 1. The van der Waals surface area contributed by atoms with E-state index in [0.717, 1.165) is 55.4 Å². The lowest BCUT2D eigenvalue weighted by Gasteiger charge is -2.41. The SMILES string of the molecule is CC(=O)c1cc(CN2CCN(Cc3cccc(C)n3)[C@@H](CCO)C2)cs1. The normalized spacial score (nSPS) is 19.0. The minimum absolute atomic E-state index is 0.134. The maximum atomic E-state index is 11.5. The van der Waals surface area contributed by atoms with Crippen LogP contribution in [0, 0.1) is 6.92 Å². The first-order valence-electron chi connectivity index (χ1n) is 9.13. The molecule has 0 aromatic carbocycles. The Labute approximate surface area is 159 Å². The van der Waals surface area contributed by atoms with Crippen molar-refractivity contribution in [2.24, 2.45) is 0 Å². The van der Waals surface area contributed by atoms with Crippen molar-refractivity contribution in [3.63, 3.8) is 0 Å². The lowest BCUT2D eigenvalue weighted by atomic mass is 10.1. The van der Waals surface area contributed by atoms with Crippen molar-refractivity contribution in [3.8, 4) is 0 Å². The van der Waals surface area contributed by atoms with Crippen molar-refractivity contribution in [2.45, 2.75) is 39.4 Å². The van der Waals surface area contributed by atoms with Gasteiger partial charge in [-0.15, -0.1) is 11.3 Å². The highest BCUT2D eigenvalue weighted by atomic mass is 32.1. The quantitative estimate of drug-likeness (QED) is 0.757. The van der Waals surface area contributed by atoms with Crippen molar-refractivity contribution in [1.82, 2.24) is 14.8 Å². The maximum Gasteiger partial charge on any atom is 0.169 e. The van der Waals surface area contributed by atoms with Crippen LogP contribution in [0.2, 0.25) is 0 Å². The summed E-state index contributed by atoms with van der Waals surface area (Å²) in [5, 5.41) is 11.6. The molecule has 5 nitrogen and oxygen atoms in total. The predicted molar refractivity (Wildman–Crippen MR) is 104 cm³/mol. The van der Waals surface area contributed by atoms with Crippen LogP contribution >= 0.6 is 11.3 Å². The van der Waals surface area contributed by atoms with Gasteiger partial charge in [-0.05, 0) is 49.4 Å². The molecule has 1 saturated heterocycles. The van der Waals surface area contributed by atoms with Gasteiger partial charge in [0, 0.05) is 51.1 Å². The van der Waals surface area contributed by atoms with E-state index < -0.39 is 0 Å². The summed E-state index contributed by atoms with van der Waals surface area (Å²) in [6, 6.07) is 8.48. The average molecular weight is 374 g/mol. The van der Waals surface area contributed by atoms with E-state index >= 15 is 0 Å². The molecule has 0 amide bonds. The van der Waals surface area contributed by atoms with E-state index in [4.69, 9.17) is 0 Å². The van der Waals surface area contributed by atoms with Crippen molar-refractivity contribution < 1.29 is 9.90 Å². The number of hydrogen-bond acceptors (Lipinski definition) is 6. The van der Waals surface area contributed by atoms with Gasteiger partial charge < -0.3 is 5.11 Å². The molecular formula is C20H27N3O2S. The number of hydrogen-bond donors (Lipinski definition) is 1. The second kappa shape index (κ2) is 8.86. The Morgan fingerprint density at radius 2 is 2.19 bits per heavy atom. The number of aliphatic hydroxyl groups is 1. The molecule has 0 radical (unpaired) electrons. The van der Waals surface area contributed by atoms with Gasteiger partial charge in [0.25, 0.3) is 0 Å². The number of carbonyl (C=O) groups excluding carboxylic acids is 1. The fourth-order valence-corrected chi connectivity index (χ4v) is 4.34. The van der Waals surface area contributed by atoms with Gasteiger partial charge in [0.2, 0.25) is 0 Å². The minimum Gasteiger partial charge on any atom is -0.396 e. The lowest BCUT2D eigenvalue weighted by molar-refractivity contribution is 0.0492. The van der Waals surface area contributed by atoms with Gasteiger partial charge >= 0.3 is 0 Å². The van der Waals surface area contributed by atoms with E-state index in [-0.39, 0.29) is 12.4 Å². The molecular weight excluding hydrogens is 346 g/mol. The summed E-state index contributed by atoms with van der Waals surface area (Å²) in [6.45, 7) is 8.40. The third kappa shape index (κ3) is 4.98. The number of aromatic nitrogens is 1. The van der Waals surface area contributed by atoms with Crippen LogP contribution in [0.1, 0.15) is 40.0 Å². The Morgan fingerprint density at radius 1 is 1.35 bits per heavy atom. The molecule has 2 aromatic heterocycles. The largest absolute Gasteiger partial charge is 0.396 e. The van der Waals surface area contributed by atoms with Crippen molar-refractivity contribution >= 4 is 17.1 Å². The molecule has 1 aliphatic heterocycles. The van der Waals surface area contributed by atoms with Crippen molar-refractivity contribution in [2.75, 3.05) is 26.2 Å². The Balaban J connectivity index is 1.62. The third-order valence-corrected chi connectivity index (χ3v) is 5.95. The van der Waals surface area contributed by atoms with Crippen LogP contribution in [0.5, 0.6) is 0 Å². The number of aryl methyl sites for hydroxylation is 1. The molecule has 3 rings (SSSR count). The second-order valence-corrected chi connectivity index (χ2v) is 7.93. The van der Waals surface area contributed by atoms with Gasteiger partial charge in [0.15, 0.2) is 5.78 Å². The zero-order valence-electron chi connectivity index (χ0n) is 15.5. The summed E-state index contributed by atoms with van der Waals surface area (Å²) in [5.74, 6) is 0.134. The standard InChI is InChI=1S/C20H27N3O2S/c1-15-4-3-5-18(21-15)12-23-8-7-22(13-19(23)6-9-24)11-17-10-20(16(2)25)26-14-17/h3-5,10,14,19,24H,6-9,11-13H2,1-2H3/t19-/m0/s1. The second-order valence-electron chi connectivity index (χ2n) is 7.02. The highest BCUT2D eigenvalue weighted by molar-refractivity contribution is 7.12. The fourth-order valence-electron chi connectivity index (χ4n) is 3.53. The molecule has 1 atom stereocenters. The van der Waals surface area contributed by atoms with E-state index in [1.165, 1.54) is 16.9 Å².